The van der Waals surface area contributed by atoms with Gasteiger partial charge in [0.25, 0.3) is 0 Å². The summed E-state index contributed by atoms with van der Waals surface area (Å²) in [5.74, 6) is 0.167. The van der Waals surface area contributed by atoms with Gasteiger partial charge in [-0.15, -0.1) is 0 Å². The fraction of sp³-hybridized carbons (Fsp3) is 0.222. The van der Waals surface area contributed by atoms with E-state index in [1.165, 1.54) is 36.8 Å². The molecule has 0 fully saturated rings. The van der Waals surface area contributed by atoms with Gasteiger partial charge in [-0.1, -0.05) is 0 Å². The van der Waals surface area contributed by atoms with Gasteiger partial charge in [-0.05, 0) is 43.3 Å². The number of esters is 2. The van der Waals surface area contributed by atoms with Crippen molar-refractivity contribution < 1.29 is 27.9 Å². The molecule has 24 heavy (non-hydrogen) atoms. The van der Waals surface area contributed by atoms with Crippen molar-refractivity contribution in [3.05, 3.63) is 60.5 Å². The van der Waals surface area contributed by atoms with Crippen LogP contribution in [-0.4, -0.2) is 24.6 Å². The first-order valence-corrected chi connectivity index (χ1v) is 7.44. The second-order valence-corrected chi connectivity index (χ2v) is 4.90. The second kappa shape index (κ2) is 9.19. The lowest BCUT2D eigenvalue weighted by atomic mass is 10.3. The van der Waals surface area contributed by atoms with Crippen LogP contribution in [-0.2, 0) is 19.1 Å². The Morgan fingerprint density at radius 3 is 2.17 bits per heavy atom. The zero-order valence-electron chi connectivity index (χ0n) is 13.2. The van der Waals surface area contributed by atoms with Crippen LogP contribution in [0.25, 0.3) is 12.2 Å². The molecule has 0 aromatic carbocycles. The van der Waals surface area contributed by atoms with E-state index in [9.17, 15) is 9.59 Å². The molecule has 6 nitrogen and oxygen atoms in total. The first kappa shape index (κ1) is 17.3. The number of hydrogen-bond acceptors (Lipinski definition) is 6. The van der Waals surface area contributed by atoms with Gasteiger partial charge in [0.05, 0.1) is 19.1 Å². The summed E-state index contributed by atoms with van der Waals surface area (Å²) in [4.78, 5) is 23.1. The summed E-state index contributed by atoms with van der Waals surface area (Å²) in [6.45, 7) is 1.88. The summed E-state index contributed by atoms with van der Waals surface area (Å²) in [7, 11) is 0. The van der Waals surface area contributed by atoms with Crippen LogP contribution in [0.5, 0.6) is 0 Å². The smallest absolute Gasteiger partial charge is 0.331 e. The second-order valence-electron chi connectivity index (χ2n) is 4.90. The van der Waals surface area contributed by atoms with Crippen molar-refractivity contribution >= 4 is 24.1 Å². The van der Waals surface area contributed by atoms with Gasteiger partial charge < -0.3 is 18.3 Å². The summed E-state index contributed by atoms with van der Waals surface area (Å²) in [5, 5.41) is 0. The molecule has 0 spiro atoms. The number of hydrogen-bond donors (Lipinski definition) is 0. The van der Waals surface area contributed by atoms with Gasteiger partial charge in [0.2, 0.25) is 0 Å². The van der Waals surface area contributed by atoms with Crippen molar-refractivity contribution in [2.75, 3.05) is 6.61 Å². The number of furan rings is 2. The van der Waals surface area contributed by atoms with Crippen LogP contribution in [0.3, 0.4) is 0 Å². The predicted molar refractivity (Wildman–Crippen MR) is 86.6 cm³/mol. The van der Waals surface area contributed by atoms with Crippen LogP contribution in [0.1, 0.15) is 24.9 Å². The van der Waals surface area contributed by atoms with E-state index in [4.69, 9.17) is 18.3 Å². The Balaban J connectivity index is 1.63. The van der Waals surface area contributed by atoms with Crippen molar-refractivity contribution in [2.24, 2.45) is 0 Å². The fourth-order valence-electron chi connectivity index (χ4n) is 1.74. The number of carbonyl (C=O) groups excluding carboxylic acids is 2. The maximum absolute atomic E-state index is 11.6. The minimum absolute atomic E-state index is 0.150. The molecule has 0 radical (unpaired) electrons. The first-order chi connectivity index (χ1) is 11.6. The highest BCUT2D eigenvalue weighted by Crippen LogP contribution is 2.05. The molecule has 2 heterocycles. The van der Waals surface area contributed by atoms with Crippen molar-refractivity contribution in [3.63, 3.8) is 0 Å². The van der Waals surface area contributed by atoms with Gasteiger partial charge in [0.15, 0.2) is 0 Å². The average Bonchev–Trinajstić information content (AvgIpc) is 3.24. The average molecular weight is 330 g/mol. The Morgan fingerprint density at radius 1 is 1.04 bits per heavy atom. The highest BCUT2D eigenvalue weighted by molar-refractivity contribution is 5.87. The summed E-state index contributed by atoms with van der Waals surface area (Å²) in [6.07, 6.45) is 8.67. The maximum atomic E-state index is 11.6. The van der Waals surface area contributed by atoms with Crippen molar-refractivity contribution in [1.29, 1.82) is 0 Å². The lowest BCUT2D eigenvalue weighted by Gasteiger charge is -2.11. The predicted octanol–water partition coefficient (Wildman–Crippen LogP) is 3.46. The zero-order valence-corrected chi connectivity index (χ0v) is 13.2. The SMILES string of the molecule is CC(CCOC(=O)/C=C/c1ccco1)OC(=O)/C=C/c1ccco1. The van der Waals surface area contributed by atoms with E-state index < -0.39 is 11.9 Å². The maximum Gasteiger partial charge on any atom is 0.331 e. The van der Waals surface area contributed by atoms with Gasteiger partial charge in [-0.25, -0.2) is 9.59 Å². The summed E-state index contributed by atoms with van der Waals surface area (Å²) < 4.78 is 20.3. The summed E-state index contributed by atoms with van der Waals surface area (Å²) >= 11 is 0. The molecular formula is C18H18O6. The standard InChI is InChI=1S/C18H18O6/c1-14(24-18(20)9-7-16-5-3-12-22-16)10-13-23-17(19)8-6-15-4-2-11-21-15/h2-9,11-12,14H,10,13H2,1H3/b8-6+,9-7+. The topological polar surface area (TPSA) is 78.9 Å². The molecule has 0 aliphatic carbocycles. The Kier molecular flexibility index (Phi) is 6.64. The first-order valence-electron chi connectivity index (χ1n) is 7.44. The molecule has 1 unspecified atom stereocenters. The lowest BCUT2D eigenvalue weighted by molar-refractivity contribution is -0.144. The summed E-state index contributed by atoms with van der Waals surface area (Å²) in [6, 6.07) is 6.90. The van der Waals surface area contributed by atoms with Crippen LogP contribution in [0.15, 0.2) is 57.8 Å². The van der Waals surface area contributed by atoms with Crippen LogP contribution in [0.4, 0.5) is 0 Å². The van der Waals surface area contributed by atoms with E-state index in [-0.39, 0.29) is 12.7 Å². The molecule has 0 amide bonds. The minimum atomic E-state index is -0.484. The number of ether oxygens (including phenoxy) is 2. The molecule has 0 N–H and O–H groups in total. The van der Waals surface area contributed by atoms with E-state index in [1.807, 2.05) is 0 Å². The molecular weight excluding hydrogens is 312 g/mol. The van der Waals surface area contributed by atoms with Crippen LogP contribution < -0.4 is 0 Å². The molecule has 126 valence electrons. The van der Waals surface area contributed by atoms with Crippen molar-refractivity contribution in [3.8, 4) is 0 Å². The van der Waals surface area contributed by atoms with Gasteiger partial charge in [0.1, 0.15) is 17.6 Å². The number of rotatable bonds is 8. The van der Waals surface area contributed by atoms with Crippen molar-refractivity contribution in [1.82, 2.24) is 0 Å². The molecule has 0 saturated heterocycles. The third kappa shape index (κ3) is 6.39. The monoisotopic (exact) mass is 330 g/mol. The number of carbonyl (C=O) groups is 2. The summed E-state index contributed by atoms with van der Waals surface area (Å²) in [5.41, 5.74) is 0. The quantitative estimate of drug-likeness (QED) is 0.545. The van der Waals surface area contributed by atoms with E-state index >= 15 is 0 Å². The Labute approximate surface area is 139 Å². The van der Waals surface area contributed by atoms with Gasteiger partial charge in [-0.3, -0.25) is 0 Å². The zero-order chi connectivity index (χ0) is 17.2. The van der Waals surface area contributed by atoms with Crippen LogP contribution in [0, 0.1) is 0 Å². The third-order valence-electron chi connectivity index (χ3n) is 2.94. The molecule has 0 bridgehead atoms. The Morgan fingerprint density at radius 2 is 1.62 bits per heavy atom. The van der Waals surface area contributed by atoms with Crippen LogP contribution >= 0.6 is 0 Å². The highest BCUT2D eigenvalue weighted by atomic mass is 16.6. The molecule has 2 aromatic rings. The Bertz CT molecular complexity index is 679. The van der Waals surface area contributed by atoms with E-state index in [0.29, 0.717) is 17.9 Å². The van der Waals surface area contributed by atoms with Gasteiger partial charge in [0, 0.05) is 18.6 Å². The normalized spacial score (nSPS) is 12.5. The van der Waals surface area contributed by atoms with Gasteiger partial charge >= 0.3 is 11.9 Å². The Hall–Kier alpha value is -3.02. The molecule has 0 aliphatic heterocycles. The van der Waals surface area contributed by atoms with Gasteiger partial charge in [-0.2, -0.15) is 0 Å². The molecule has 1 atom stereocenters. The van der Waals surface area contributed by atoms with E-state index in [1.54, 1.807) is 31.2 Å². The molecule has 2 rings (SSSR count). The van der Waals surface area contributed by atoms with E-state index in [0.717, 1.165) is 0 Å². The minimum Gasteiger partial charge on any atom is -0.465 e. The highest BCUT2D eigenvalue weighted by Gasteiger charge is 2.08. The molecule has 0 saturated carbocycles. The van der Waals surface area contributed by atoms with Crippen molar-refractivity contribution in [2.45, 2.75) is 19.4 Å². The fourth-order valence-corrected chi connectivity index (χ4v) is 1.74. The molecule has 2 aromatic heterocycles. The van der Waals surface area contributed by atoms with E-state index in [2.05, 4.69) is 0 Å². The largest absolute Gasteiger partial charge is 0.465 e. The third-order valence-corrected chi connectivity index (χ3v) is 2.94. The van der Waals surface area contributed by atoms with Crippen LogP contribution in [0.2, 0.25) is 0 Å². The molecule has 6 heteroatoms. The lowest BCUT2D eigenvalue weighted by Crippen LogP contribution is -2.16. The molecule has 0 aliphatic rings.